The van der Waals surface area contributed by atoms with Crippen LogP contribution in [-0.2, 0) is 6.42 Å². The highest BCUT2D eigenvalue weighted by atomic mass is 14.7. The van der Waals surface area contributed by atoms with Crippen LogP contribution in [-0.4, -0.2) is 9.97 Å². The van der Waals surface area contributed by atoms with E-state index in [1.165, 1.54) is 27.7 Å². The van der Waals surface area contributed by atoms with Crippen molar-refractivity contribution in [3.63, 3.8) is 0 Å². The van der Waals surface area contributed by atoms with E-state index in [0.29, 0.717) is 0 Å². The molecule has 0 amide bonds. The average molecular weight is 280 g/mol. The van der Waals surface area contributed by atoms with E-state index in [2.05, 4.69) is 54.1 Å². The molecule has 3 rings (SSSR count). The van der Waals surface area contributed by atoms with Crippen LogP contribution in [0.2, 0.25) is 0 Å². The second kappa shape index (κ2) is 7.07. The fourth-order valence-corrected chi connectivity index (χ4v) is 2.69. The van der Waals surface area contributed by atoms with Gasteiger partial charge in [-0.15, -0.1) is 0 Å². The fraction of sp³-hybridized carbons (Fsp3) is 0.316. The van der Waals surface area contributed by atoms with Gasteiger partial charge in [-0.1, -0.05) is 45.4 Å². The molecule has 0 aliphatic heterocycles. The SMILES string of the molecule is CC.CCCc1c(-c2cccnc2C)[nH]c2ccccc12. The number of para-hydroxylation sites is 1. The summed E-state index contributed by atoms with van der Waals surface area (Å²) in [5.74, 6) is 0. The molecule has 110 valence electrons. The number of nitrogens with zero attached hydrogens (tertiary/aromatic N) is 1. The van der Waals surface area contributed by atoms with Crippen LogP contribution in [0, 0.1) is 6.92 Å². The lowest BCUT2D eigenvalue weighted by Crippen LogP contribution is -1.91. The highest BCUT2D eigenvalue weighted by molar-refractivity contribution is 5.91. The van der Waals surface area contributed by atoms with Crippen molar-refractivity contribution in [1.82, 2.24) is 9.97 Å². The molecular weight excluding hydrogens is 256 g/mol. The summed E-state index contributed by atoms with van der Waals surface area (Å²) in [5, 5.41) is 1.34. The number of aryl methyl sites for hydroxylation is 2. The molecule has 2 heteroatoms. The standard InChI is InChI=1S/C17H18N2.C2H6/c1-3-7-15-14-8-4-5-10-16(14)19-17(15)13-9-6-11-18-12(13)2;1-2/h4-6,8-11,19H,3,7H2,1-2H3;1-2H3. The number of rotatable bonds is 3. The third kappa shape index (κ3) is 2.99. The number of aromatic amines is 1. The molecule has 0 saturated heterocycles. The lowest BCUT2D eigenvalue weighted by Gasteiger charge is -2.06. The van der Waals surface area contributed by atoms with Crippen LogP contribution >= 0.6 is 0 Å². The molecule has 2 heterocycles. The summed E-state index contributed by atoms with van der Waals surface area (Å²) in [5.41, 5.74) is 6.14. The van der Waals surface area contributed by atoms with Crippen molar-refractivity contribution in [3.05, 3.63) is 53.9 Å². The molecule has 0 bridgehead atoms. The Morgan fingerprint density at radius 1 is 1.05 bits per heavy atom. The molecule has 3 aromatic rings. The Balaban J connectivity index is 0.000000774. The monoisotopic (exact) mass is 280 g/mol. The number of pyridine rings is 1. The minimum atomic E-state index is 1.08. The summed E-state index contributed by atoms with van der Waals surface area (Å²) in [4.78, 5) is 7.97. The molecule has 2 aromatic heterocycles. The van der Waals surface area contributed by atoms with E-state index in [0.717, 1.165) is 18.5 Å². The van der Waals surface area contributed by atoms with Crippen molar-refractivity contribution in [1.29, 1.82) is 0 Å². The quantitative estimate of drug-likeness (QED) is 0.672. The van der Waals surface area contributed by atoms with E-state index in [9.17, 15) is 0 Å². The van der Waals surface area contributed by atoms with Gasteiger partial charge < -0.3 is 4.98 Å². The van der Waals surface area contributed by atoms with Gasteiger partial charge in [0.25, 0.3) is 0 Å². The summed E-state index contributed by atoms with van der Waals surface area (Å²) in [7, 11) is 0. The molecule has 1 aromatic carbocycles. The zero-order valence-corrected chi connectivity index (χ0v) is 13.4. The minimum Gasteiger partial charge on any atom is -0.354 e. The van der Waals surface area contributed by atoms with Gasteiger partial charge in [0.2, 0.25) is 0 Å². The first-order chi connectivity index (χ1) is 10.3. The minimum absolute atomic E-state index is 1.08. The summed E-state index contributed by atoms with van der Waals surface area (Å²) in [6, 6.07) is 12.7. The number of fused-ring (bicyclic) bond motifs is 1. The van der Waals surface area contributed by atoms with Gasteiger partial charge in [0, 0.05) is 28.4 Å². The van der Waals surface area contributed by atoms with Crippen LogP contribution in [0.1, 0.15) is 38.4 Å². The van der Waals surface area contributed by atoms with Crippen LogP contribution < -0.4 is 0 Å². The first-order valence-corrected chi connectivity index (χ1v) is 7.83. The lowest BCUT2D eigenvalue weighted by molar-refractivity contribution is 0.930. The smallest absolute Gasteiger partial charge is 0.0515 e. The fourth-order valence-electron chi connectivity index (χ4n) is 2.69. The van der Waals surface area contributed by atoms with Crippen molar-refractivity contribution in [2.75, 3.05) is 0 Å². The molecule has 2 nitrogen and oxygen atoms in total. The zero-order chi connectivity index (χ0) is 15.2. The van der Waals surface area contributed by atoms with Gasteiger partial charge in [-0.25, -0.2) is 0 Å². The van der Waals surface area contributed by atoms with Crippen LogP contribution in [0.4, 0.5) is 0 Å². The summed E-state index contributed by atoms with van der Waals surface area (Å²) in [6.45, 7) is 8.29. The number of aromatic nitrogens is 2. The van der Waals surface area contributed by atoms with E-state index in [4.69, 9.17) is 0 Å². The molecule has 0 atom stereocenters. The molecule has 0 fully saturated rings. The molecule has 21 heavy (non-hydrogen) atoms. The van der Waals surface area contributed by atoms with E-state index in [1.807, 2.05) is 26.1 Å². The van der Waals surface area contributed by atoms with Crippen molar-refractivity contribution < 1.29 is 0 Å². The molecule has 0 unspecified atom stereocenters. The first-order valence-electron chi connectivity index (χ1n) is 7.83. The molecule has 0 spiro atoms. The third-order valence-electron chi connectivity index (χ3n) is 3.59. The number of benzene rings is 1. The topological polar surface area (TPSA) is 28.7 Å². The highest BCUT2D eigenvalue weighted by Crippen LogP contribution is 2.32. The maximum absolute atomic E-state index is 4.41. The second-order valence-corrected chi connectivity index (χ2v) is 4.91. The number of hydrogen-bond acceptors (Lipinski definition) is 1. The molecule has 0 aliphatic rings. The van der Waals surface area contributed by atoms with Crippen LogP contribution in [0.15, 0.2) is 42.6 Å². The Kier molecular flexibility index (Phi) is 5.15. The van der Waals surface area contributed by atoms with Gasteiger partial charge in [-0.05, 0) is 37.1 Å². The zero-order valence-electron chi connectivity index (χ0n) is 13.4. The van der Waals surface area contributed by atoms with Crippen molar-refractivity contribution in [2.24, 2.45) is 0 Å². The number of nitrogens with one attached hydrogen (secondary N) is 1. The number of H-pyrrole nitrogens is 1. The van der Waals surface area contributed by atoms with Crippen LogP contribution in [0.3, 0.4) is 0 Å². The van der Waals surface area contributed by atoms with E-state index < -0.39 is 0 Å². The summed E-state index contributed by atoms with van der Waals surface area (Å²) >= 11 is 0. The molecule has 1 N–H and O–H groups in total. The van der Waals surface area contributed by atoms with Gasteiger partial charge in [0.05, 0.1) is 5.69 Å². The van der Waals surface area contributed by atoms with Crippen molar-refractivity contribution in [3.8, 4) is 11.3 Å². The van der Waals surface area contributed by atoms with Gasteiger partial charge in [0.15, 0.2) is 0 Å². The molecule has 0 saturated carbocycles. The second-order valence-electron chi connectivity index (χ2n) is 4.91. The summed E-state index contributed by atoms with van der Waals surface area (Å²) < 4.78 is 0. The predicted octanol–water partition coefficient (Wildman–Crippen LogP) is 5.52. The Hall–Kier alpha value is -2.09. The normalized spacial score (nSPS) is 10.3. The Bertz CT molecular complexity index is 710. The maximum atomic E-state index is 4.41. The van der Waals surface area contributed by atoms with Crippen molar-refractivity contribution in [2.45, 2.75) is 40.5 Å². The molecular formula is C19H24N2. The van der Waals surface area contributed by atoms with E-state index in [-0.39, 0.29) is 0 Å². The summed E-state index contributed by atoms with van der Waals surface area (Å²) in [6.07, 6.45) is 4.09. The Morgan fingerprint density at radius 3 is 2.52 bits per heavy atom. The Morgan fingerprint density at radius 2 is 1.81 bits per heavy atom. The molecule has 0 radical (unpaired) electrons. The largest absolute Gasteiger partial charge is 0.354 e. The van der Waals surface area contributed by atoms with Gasteiger partial charge in [-0.2, -0.15) is 0 Å². The van der Waals surface area contributed by atoms with Crippen LogP contribution in [0.5, 0.6) is 0 Å². The first kappa shape index (κ1) is 15.3. The van der Waals surface area contributed by atoms with E-state index in [1.54, 1.807) is 0 Å². The average Bonchev–Trinajstić information content (AvgIpc) is 2.89. The lowest BCUT2D eigenvalue weighted by atomic mass is 10.0. The van der Waals surface area contributed by atoms with Crippen molar-refractivity contribution >= 4 is 10.9 Å². The van der Waals surface area contributed by atoms with E-state index >= 15 is 0 Å². The molecule has 0 aliphatic carbocycles. The Labute approximate surface area is 127 Å². The maximum Gasteiger partial charge on any atom is 0.0515 e. The predicted molar refractivity (Wildman–Crippen MR) is 91.6 cm³/mol. The van der Waals surface area contributed by atoms with Crippen LogP contribution in [0.25, 0.3) is 22.2 Å². The number of hydrogen-bond donors (Lipinski definition) is 1. The van der Waals surface area contributed by atoms with Gasteiger partial charge in [-0.3, -0.25) is 4.98 Å². The van der Waals surface area contributed by atoms with Gasteiger partial charge in [0.1, 0.15) is 0 Å². The third-order valence-corrected chi connectivity index (χ3v) is 3.59. The van der Waals surface area contributed by atoms with Gasteiger partial charge >= 0.3 is 0 Å². The highest BCUT2D eigenvalue weighted by Gasteiger charge is 2.13.